The van der Waals surface area contributed by atoms with Gasteiger partial charge in [0.05, 0.1) is 21.7 Å². The van der Waals surface area contributed by atoms with Gasteiger partial charge in [0.1, 0.15) is 6.10 Å². The van der Waals surface area contributed by atoms with Crippen LogP contribution in [0.1, 0.15) is 43.7 Å². The van der Waals surface area contributed by atoms with Crippen LogP contribution in [0.4, 0.5) is 10.5 Å². The fraction of sp³-hybridized carbons (Fsp3) is 0.207. The number of carbonyl (C=O) groups excluding carboxylic acids is 1. The number of aromatic nitrogens is 1. The Morgan fingerprint density at radius 2 is 1.47 bits per heavy atom. The third-order valence-corrected chi connectivity index (χ3v) is 7.25. The molecule has 3 aromatic carbocycles. The number of nitrogens with zero attached hydrogens (tertiary/aromatic N) is 1. The first-order chi connectivity index (χ1) is 17.2. The van der Waals surface area contributed by atoms with Gasteiger partial charge in [-0.2, -0.15) is 4.37 Å². The van der Waals surface area contributed by atoms with Gasteiger partial charge in [-0.3, -0.25) is 10.1 Å². The van der Waals surface area contributed by atoms with E-state index in [-0.39, 0.29) is 6.10 Å². The monoisotopic (exact) mass is 500 g/mol. The Morgan fingerprint density at radius 3 is 2.06 bits per heavy atom. The molecule has 2 N–H and O–H groups in total. The van der Waals surface area contributed by atoms with Crippen molar-refractivity contribution >= 4 is 29.3 Å². The lowest BCUT2D eigenvalue weighted by Crippen LogP contribution is -2.28. The topological polar surface area (TPSA) is 88.5 Å². The number of hydrogen-bond donors (Lipinski definition) is 2. The van der Waals surface area contributed by atoms with Crippen LogP contribution in [0.15, 0.2) is 78.9 Å². The van der Waals surface area contributed by atoms with Crippen molar-refractivity contribution in [3.8, 4) is 21.6 Å². The van der Waals surface area contributed by atoms with Crippen LogP contribution in [0.2, 0.25) is 0 Å². The Morgan fingerprint density at radius 1 is 0.917 bits per heavy atom. The van der Waals surface area contributed by atoms with Crippen LogP contribution in [0.5, 0.6) is 0 Å². The van der Waals surface area contributed by atoms with Gasteiger partial charge in [0.2, 0.25) is 0 Å². The van der Waals surface area contributed by atoms with E-state index in [1.54, 1.807) is 13.8 Å². The maximum atomic E-state index is 12.6. The van der Waals surface area contributed by atoms with Gasteiger partial charge >= 0.3 is 12.1 Å². The SMILES string of the molecule is Cc1nsc(-c2ccc(-c3ccc(C(C)(C)C(=O)O)cc3)cc2)c1NC(=O)OC(C)c1ccccc1. The van der Waals surface area contributed by atoms with Crippen molar-refractivity contribution in [2.75, 3.05) is 5.32 Å². The highest BCUT2D eigenvalue weighted by Gasteiger charge is 2.29. The fourth-order valence-electron chi connectivity index (χ4n) is 3.82. The molecule has 0 aliphatic heterocycles. The predicted molar refractivity (Wildman–Crippen MR) is 143 cm³/mol. The Hall–Kier alpha value is -3.97. The van der Waals surface area contributed by atoms with Crippen LogP contribution >= 0.6 is 11.5 Å². The minimum absolute atomic E-state index is 0.381. The summed E-state index contributed by atoms with van der Waals surface area (Å²) in [6.45, 7) is 7.08. The molecule has 4 aromatic rings. The van der Waals surface area contributed by atoms with Gasteiger partial charge in [-0.05, 0) is 67.0 Å². The Balaban J connectivity index is 1.50. The Bertz CT molecular complexity index is 1360. The third-order valence-electron chi connectivity index (χ3n) is 6.26. The van der Waals surface area contributed by atoms with E-state index in [9.17, 15) is 14.7 Å². The first kappa shape index (κ1) is 25.1. The molecular weight excluding hydrogens is 472 g/mol. The van der Waals surface area contributed by atoms with Crippen LogP contribution in [-0.2, 0) is 14.9 Å². The molecule has 4 rings (SSSR count). The predicted octanol–water partition coefficient (Wildman–Crippen LogP) is 7.46. The normalized spacial score (nSPS) is 12.1. The molecule has 0 radical (unpaired) electrons. The number of carboxylic acid groups (broad SMARTS) is 1. The molecule has 1 heterocycles. The van der Waals surface area contributed by atoms with Crippen molar-refractivity contribution in [3.63, 3.8) is 0 Å². The lowest BCUT2D eigenvalue weighted by atomic mass is 9.84. The van der Waals surface area contributed by atoms with E-state index in [0.29, 0.717) is 5.69 Å². The summed E-state index contributed by atoms with van der Waals surface area (Å²) in [6.07, 6.45) is -0.912. The molecule has 1 amide bonds. The molecule has 0 spiro atoms. The molecular formula is C29H28N2O4S. The van der Waals surface area contributed by atoms with Crippen LogP contribution in [0.25, 0.3) is 21.6 Å². The number of benzene rings is 3. The highest BCUT2D eigenvalue weighted by atomic mass is 32.1. The molecule has 184 valence electrons. The molecule has 7 heteroatoms. The smallest absolute Gasteiger partial charge is 0.412 e. The second-order valence-electron chi connectivity index (χ2n) is 9.14. The number of carboxylic acids is 1. The number of hydrogen-bond acceptors (Lipinski definition) is 5. The summed E-state index contributed by atoms with van der Waals surface area (Å²) >= 11 is 1.32. The van der Waals surface area contributed by atoms with Crippen molar-refractivity contribution in [2.45, 2.75) is 39.2 Å². The molecule has 1 atom stereocenters. The number of carbonyl (C=O) groups is 2. The van der Waals surface area contributed by atoms with Crippen LogP contribution < -0.4 is 5.32 Å². The number of amides is 1. The molecule has 0 aliphatic rings. The number of rotatable bonds is 7. The summed E-state index contributed by atoms with van der Waals surface area (Å²) < 4.78 is 10.0. The first-order valence-corrected chi connectivity index (χ1v) is 12.4. The minimum atomic E-state index is -0.949. The van der Waals surface area contributed by atoms with E-state index in [2.05, 4.69) is 9.69 Å². The molecule has 1 aromatic heterocycles. The lowest BCUT2D eigenvalue weighted by Gasteiger charge is -2.19. The molecule has 0 aliphatic carbocycles. The largest absolute Gasteiger partial charge is 0.481 e. The number of aryl methyl sites for hydroxylation is 1. The average Bonchev–Trinajstić information content (AvgIpc) is 3.24. The first-order valence-electron chi connectivity index (χ1n) is 11.6. The molecule has 0 fully saturated rings. The molecule has 1 unspecified atom stereocenters. The van der Waals surface area contributed by atoms with Crippen molar-refractivity contribution in [1.82, 2.24) is 4.37 Å². The molecule has 0 saturated heterocycles. The summed E-state index contributed by atoms with van der Waals surface area (Å²) in [7, 11) is 0. The summed E-state index contributed by atoms with van der Waals surface area (Å²) in [5.74, 6) is -0.859. The minimum Gasteiger partial charge on any atom is -0.481 e. The zero-order chi connectivity index (χ0) is 25.9. The van der Waals surface area contributed by atoms with Gasteiger partial charge in [-0.25, -0.2) is 4.79 Å². The second kappa shape index (κ2) is 10.3. The number of nitrogens with one attached hydrogen (secondary N) is 1. The number of ether oxygens (including phenoxy) is 1. The summed E-state index contributed by atoms with van der Waals surface area (Å²) in [5, 5.41) is 12.3. The van der Waals surface area contributed by atoms with Gasteiger partial charge in [0.15, 0.2) is 0 Å². The standard InChI is InChI=1S/C29H28N2O4S/c1-18-25(30-28(34)35-19(2)20-8-6-5-7-9-20)26(36-31-18)23-12-10-21(11-13-23)22-14-16-24(17-15-22)29(3,4)27(32)33/h5-17,19H,1-4H3,(H,30,34)(H,32,33). The summed E-state index contributed by atoms with van der Waals surface area (Å²) in [6, 6.07) is 25.1. The van der Waals surface area contributed by atoms with Gasteiger partial charge in [0, 0.05) is 0 Å². The second-order valence-corrected chi connectivity index (χ2v) is 9.91. The summed E-state index contributed by atoms with van der Waals surface area (Å²) in [5.41, 5.74) is 5.00. The van der Waals surface area contributed by atoms with E-state index in [1.807, 2.05) is 92.7 Å². The van der Waals surface area contributed by atoms with Gasteiger partial charge < -0.3 is 9.84 Å². The fourth-order valence-corrected chi connectivity index (χ4v) is 4.67. The molecule has 36 heavy (non-hydrogen) atoms. The molecule has 0 bridgehead atoms. The Labute approximate surface area is 214 Å². The number of anilines is 1. The summed E-state index contributed by atoms with van der Waals surface area (Å²) in [4.78, 5) is 25.0. The van der Waals surface area contributed by atoms with E-state index in [1.165, 1.54) is 11.5 Å². The van der Waals surface area contributed by atoms with Crippen molar-refractivity contribution in [3.05, 3.63) is 95.7 Å². The van der Waals surface area contributed by atoms with Crippen molar-refractivity contribution in [1.29, 1.82) is 0 Å². The van der Waals surface area contributed by atoms with Gasteiger partial charge in [-0.1, -0.05) is 78.9 Å². The van der Waals surface area contributed by atoms with Crippen LogP contribution in [0, 0.1) is 6.92 Å². The zero-order valence-corrected chi connectivity index (χ0v) is 21.4. The van der Waals surface area contributed by atoms with Crippen molar-refractivity contribution < 1.29 is 19.4 Å². The van der Waals surface area contributed by atoms with Crippen molar-refractivity contribution in [2.24, 2.45) is 0 Å². The average molecular weight is 501 g/mol. The molecule has 0 saturated carbocycles. The quantitative estimate of drug-likeness (QED) is 0.275. The van der Waals surface area contributed by atoms with Gasteiger partial charge in [0.25, 0.3) is 0 Å². The van der Waals surface area contributed by atoms with Gasteiger partial charge in [-0.15, -0.1) is 0 Å². The van der Waals surface area contributed by atoms with E-state index in [4.69, 9.17) is 4.74 Å². The van der Waals surface area contributed by atoms with E-state index < -0.39 is 17.5 Å². The van der Waals surface area contributed by atoms with Crippen LogP contribution in [0.3, 0.4) is 0 Å². The number of aliphatic carboxylic acids is 1. The highest BCUT2D eigenvalue weighted by molar-refractivity contribution is 7.10. The lowest BCUT2D eigenvalue weighted by molar-refractivity contribution is -0.142. The third kappa shape index (κ3) is 5.31. The zero-order valence-electron chi connectivity index (χ0n) is 20.6. The van der Waals surface area contributed by atoms with E-state index in [0.717, 1.165) is 38.4 Å². The molecule has 6 nitrogen and oxygen atoms in total. The highest BCUT2D eigenvalue weighted by Crippen LogP contribution is 2.36. The van der Waals surface area contributed by atoms with Crippen LogP contribution in [-0.4, -0.2) is 21.5 Å². The Kier molecular flexibility index (Phi) is 7.22. The van der Waals surface area contributed by atoms with E-state index >= 15 is 0 Å². The maximum absolute atomic E-state index is 12.6. The maximum Gasteiger partial charge on any atom is 0.412 e.